The van der Waals surface area contributed by atoms with Gasteiger partial charge in [-0.25, -0.2) is 0 Å². The van der Waals surface area contributed by atoms with E-state index >= 15 is 0 Å². The van der Waals surface area contributed by atoms with Gasteiger partial charge in [-0.3, -0.25) is 0 Å². The summed E-state index contributed by atoms with van der Waals surface area (Å²) in [6, 6.07) is 92.0. The zero-order valence-electron chi connectivity index (χ0n) is 34.1. The molecule has 0 spiro atoms. The summed E-state index contributed by atoms with van der Waals surface area (Å²) < 4.78 is 2.41. The Bertz CT molecular complexity index is 3270. The van der Waals surface area contributed by atoms with Crippen LogP contribution in [0.4, 0.5) is 17.1 Å². The molecule has 0 saturated heterocycles. The predicted molar refractivity (Wildman–Crippen MR) is 263 cm³/mol. The van der Waals surface area contributed by atoms with Crippen molar-refractivity contribution >= 4 is 38.9 Å². The van der Waals surface area contributed by atoms with Crippen molar-refractivity contribution in [3.63, 3.8) is 0 Å². The molecule has 1 aromatic heterocycles. The van der Waals surface area contributed by atoms with Crippen LogP contribution in [0.15, 0.2) is 255 Å². The van der Waals surface area contributed by atoms with Gasteiger partial charge in [0.05, 0.1) is 22.4 Å². The van der Waals surface area contributed by atoms with Crippen molar-refractivity contribution in [3.05, 3.63) is 255 Å². The van der Waals surface area contributed by atoms with E-state index in [1.807, 2.05) is 0 Å². The van der Waals surface area contributed by atoms with Crippen LogP contribution in [0.5, 0.6) is 0 Å². The minimum Gasteiger partial charge on any atom is -0.310 e. The summed E-state index contributed by atoms with van der Waals surface area (Å²) in [6.45, 7) is 0. The molecule has 11 rings (SSSR count). The highest BCUT2D eigenvalue weighted by Gasteiger charge is 2.19. The maximum atomic E-state index is 2.41. The lowest BCUT2D eigenvalue weighted by Gasteiger charge is -2.28. The van der Waals surface area contributed by atoms with E-state index < -0.39 is 0 Å². The quantitative estimate of drug-likeness (QED) is 0.141. The van der Waals surface area contributed by atoms with Gasteiger partial charge >= 0.3 is 0 Å². The number of benzene rings is 10. The molecule has 0 aliphatic heterocycles. The van der Waals surface area contributed by atoms with Crippen molar-refractivity contribution in [1.82, 2.24) is 4.57 Å². The second-order valence-electron chi connectivity index (χ2n) is 15.7. The van der Waals surface area contributed by atoms with E-state index in [1.54, 1.807) is 0 Å². The van der Waals surface area contributed by atoms with Crippen LogP contribution >= 0.6 is 0 Å². The highest BCUT2D eigenvalue weighted by atomic mass is 15.1. The predicted octanol–water partition coefficient (Wildman–Crippen LogP) is 16.6. The molecule has 0 amide bonds. The van der Waals surface area contributed by atoms with Gasteiger partial charge in [0.2, 0.25) is 0 Å². The third-order valence-corrected chi connectivity index (χ3v) is 12.0. The molecule has 2 nitrogen and oxygen atoms in total. The molecule has 62 heavy (non-hydrogen) atoms. The molecule has 0 saturated carbocycles. The van der Waals surface area contributed by atoms with Crippen molar-refractivity contribution < 1.29 is 0 Å². The molecule has 11 aromatic rings. The van der Waals surface area contributed by atoms with Crippen molar-refractivity contribution in [2.24, 2.45) is 0 Å². The van der Waals surface area contributed by atoms with E-state index in [0.717, 1.165) is 28.2 Å². The lowest BCUT2D eigenvalue weighted by molar-refractivity contribution is 1.18. The fraction of sp³-hybridized carbons (Fsp3) is 0. The standard InChI is InChI=1S/C60H42N2/c1-3-17-43(18-4-1)48-21-15-23-50(41-48)54-26-8-11-29-57(54)61(52-24-16-22-49(42-52)44-19-5-2-6-20-44)51-39-37-46(38-40-51)45-33-35-47(36-34-45)53-25-7-12-30-58(53)62-59-31-13-9-27-55(59)56-28-10-14-32-60(56)62/h1-42H. The smallest absolute Gasteiger partial charge is 0.0541 e. The fourth-order valence-electron chi connectivity index (χ4n) is 9.03. The Morgan fingerprint density at radius 3 is 1.37 bits per heavy atom. The molecule has 0 N–H and O–H groups in total. The molecule has 0 atom stereocenters. The van der Waals surface area contributed by atoms with E-state index in [4.69, 9.17) is 0 Å². The summed E-state index contributed by atoms with van der Waals surface area (Å²) in [4.78, 5) is 2.40. The van der Waals surface area contributed by atoms with Crippen LogP contribution in [0, 0.1) is 0 Å². The number of aromatic nitrogens is 1. The first-order valence-corrected chi connectivity index (χ1v) is 21.3. The average molecular weight is 791 g/mol. The second-order valence-corrected chi connectivity index (χ2v) is 15.7. The lowest BCUT2D eigenvalue weighted by Crippen LogP contribution is -2.11. The zero-order chi connectivity index (χ0) is 41.2. The third-order valence-electron chi connectivity index (χ3n) is 12.0. The fourth-order valence-corrected chi connectivity index (χ4v) is 9.03. The monoisotopic (exact) mass is 790 g/mol. The number of rotatable bonds is 9. The third kappa shape index (κ3) is 6.84. The number of hydrogen-bond donors (Lipinski definition) is 0. The van der Waals surface area contributed by atoms with Gasteiger partial charge in [-0.15, -0.1) is 0 Å². The average Bonchev–Trinajstić information content (AvgIpc) is 3.69. The highest BCUT2D eigenvalue weighted by molar-refractivity contribution is 6.09. The van der Waals surface area contributed by atoms with E-state index in [2.05, 4.69) is 264 Å². The molecule has 292 valence electrons. The Morgan fingerprint density at radius 2 is 0.710 bits per heavy atom. The molecule has 0 bridgehead atoms. The molecule has 0 aliphatic rings. The minimum absolute atomic E-state index is 1.09. The molecule has 10 aromatic carbocycles. The maximum Gasteiger partial charge on any atom is 0.0541 e. The van der Waals surface area contributed by atoms with Crippen LogP contribution < -0.4 is 4.90 Å². The van der Waals surface area contributed by atoms with Gasteiger partial charge in [0.15, 0.2) is 0 Å². The highest BCUT2D eigenvalue weighted by Crippen LogP contribution is 2.43. The van der Waals surface area contributed by atoms with E-state index in [0.29, 0.717) is 0 Å². The largest absolute Gasteiger partial charge is 0.310 e. The Morgan fingerprint density at radius 1 is 0.258 bits per heavy atom. The van der Waals surface area contributed by atoms with E-state index in [9.17, 15) is 0 Å². The van der Waals surface area contributed by atoms with Crippen LogP contribution in [-0.2, 0) is 0 Å². The lowest BCUT2D eigenvalue weighted by atomic mass is 9.96. The van der Waals surface area contributed by atoms with Crippen molar-refractivity contribution in [1.29, 1.82) is 0 Å². The van der Waals surface area contributed by atoms with Crippen molar-refractivity contribution in [2.45, 2.75) is 0 Å². The van der Waals surface area contributed by atoms with E-state index in [-0.39, 0.29) is 0 Å². The van der Waals surface area contributed by atoms with Gasteiger partial charge in [0, 0.05) is 33.3 Å². The Hall–Kier alpha value is -8.20. The second kappa shape index (κ2) is 16.1. The van der Waals surface area contributed by atoms with Crippen molar-refractivity contribution in [3.8, 4) is 61.3 Å². The van der Waals surface area contributed by atoms with Gasteiger partial charge < -0.3 is 9.47 Å². The number of anilines is 3. The summed E-state index contributed by atoms with van der Waals surface area (Å²) in [5.74, 6) is 0. The van der Waals surface area contributed by atoms with Gasteiger partial charge in [-0.05, 0) is 99.1 Å². The van der Waals surface area contributed by atoms with Crippen LogP contribution in [0.25, 0.3) is 83.1 Å². The molecule has 0 radical (unpaired) electrons. The number of para-hydroxylation sites is 4. The van der Waals surface area contributed by atoms with Gasteiger partial charge in [0.25, 0.3) is 0 Å². The SMILES string of the molecule is c1ccc(-c2cccc(-c3ccccc3N(c3ccc(-c4ccc(-c5ccccc5-n5c6ccccc6c6ccccc65)cc4)cc3)c3cccc(-c4ccccc4)c3)c2)cc1. The summed E-state index contributed by atoms with van der Waals surface area (Å²) in [5, 5.41) is 2.53. The van der Waals surface area contributed by atoms with Crippen LogP contribution in [0.1, 0.15) is 0 Å². The molecule has 1 heterocycles. The summed E-state index contributed by atoms with van der Waals surface area (Å²) in [7, 11) is 0. The Kier molecular flexibility index (Phi) is 9.57. The number of fused-ring (bicyclic) bond motifs is 3. The summed E-state index contributed by atoms with van der Waals surface area (Å²) >= 11 is 0. The number of hydrogen-bond acceptors (Lipinski definition) is 1. The van der Waals surface area contributed by atoms with Crippen molar-refractivity contribution in [2.75, 3.05) is 4.90 Å². The molecule has 2 heteroatoms. The summed E-state index contributed by atoms with van der Waals surface area (Å²) in [6.07, 6.45) is 0. The normalized spacial score (nSPS) is 11.2. The zero-order valence-corrected chi connectivity index (χ0v) is 34.1. The number of nitrogens with zero attached hydrogens (tertiary/aromatic N) is 2. The molecular formula is C60H42N2. The van der Waals surface area contributed by atoms with Crippen LogP contribution in [-0.4, -0.2) is 4.57 Å². The maximum absolute atomic E-state index is 2.41. The topological polar surface area (TPSA) is 8.17 Å². The molecular weight excluding hydrogens is 749 g/mol. The van der Waals surface area contributed by atoms with Crippen LogP contribution in [0.2, 0.25) is 0 Å². The first-order chi connectivity index (χ1) is 30.8. The Balaban J connectivity index is 0.971. The minimum atomic E-state index is 1.09. The van der Waals surface area contributed by atoms with Crippen LogP contribution in [0.3, 0.4) is 0 Å². The van der Waals surface area contributed by atoms with Gasteiger partial charge in [-0.1, -0.05) is 200 Å². The molecule has 0 fully saturated rings. The van der Waals surface area contributed by atoms with E-state index in [1.165, 1.54) is 72.0 Å². The first kappa shape index (κ1) is 36.8. The van der Waals surface area contributed by atoms with Gasteiger partial charge in [0.1, 0.15) is 0 Å². The van der Waals surface area contributed by atoms with Gasteiger partial charge in [-0.2, -0.15) is 0 Å². The Labute approximate surface area is 362 Å². The molecule has 0 aliphatic carbocycles. The first-order valence-electron chi connectivity index (χ1n) is 21.3. The molecule has 0 unspecified atom stereocenters. The summed E-state index contributed by atoms with van der Waals surface area (Å²) in [5.41, 5.74) is 18.7.